The summed E-state index contributed by atoms with van der Waals surface area (Å²) in [5, 5.41) is 0. The Kier molecular flexibility index (Phi) is 14.5. The molecule has 0 fully saturated rings. The molecule has 0 amide bonds. The Morgan fingerprint density at radius 2 is 0.724 bits per heavy atom. The van der Waals surface area contributed by atoms with Gasteiger partial charge in [0.05, 0.1) is 0 Å². The topological polar surface area (TPSA) is 34.0 Å². The zero-order valence-electron chi connectivity index (χ0n) is 44.5. The summed E-state index contributed by atoms with van der Waals surface area (Å²) in [6.45, 7) is 15.1. The van der Waals surface area contributed by atoms with Crippen LogP contribution in [0, 0.1) is 13.8 Å². The SMILES string of the molecule is Cc1ccc(C(c2ccc(C)cc2)c2cc3cc(c2)OCC[n+]2ccc(cc2)-c2cc[n+](cc2)Cc2ccc(cc2)C(c2ccc(C(C)(C)C)cc2)c2ccc(cc2)C[n+]2ccc(cc2)-c2cc[n+](cc2)CCO3)cc1. The first kappa shape index (κ1) is 49.7. The van der Waals surface area contributed by atoms with Crippen molar-refractivity contribution in [3.05, 3.63) is 299 Å². The summed E-state index contributed by atoms with van der Waals surface area (Å²) >= 11 is 0. The van der Waals surface area contributed by atoms with Crippen LogP contribution in [0.3, 0.4) is 0 Å². The van der Waals surface area contributed by atoms with Crippen molar-refractivity contribution in [2.24, 2.45) is 0 Å². The van der Waals surface area contributed by atoms with Crippen LogP contribution >= 0.6 is 0 Å². The molecule has 9 aliphatic rings. The minimum absolute atomic E-state index is 0.00465. The monoisotopic (exact) mass is 997 g/mol. The number of pyridine rings is 4. The lowest BCUT2D eigenvalue weighted by Gasteiger charge is -2.23. The number of nitrogens with zero attached hydrogens (tertiary/aromatic N) is 4. The fraction of sp³-hybridized carbons (Fsp3) is 0.200. The highest BCUT2D eigenvalue weighted by molar-refractivity contribution is 5.62. The fourth-order valence-corrected chi connectivity index (χ4v) is 10.5. The zero-order valence-corrected chi connectivity index (χ0v) is 44.5. The van der Waals surface area contributed by atoms with Crippen molar-refractivity contribution < 1.29 is 27.7 Å². The summed E-state index contributed by atoms with van der Waals surface area (Å²) < 4.78 is 22.1. The number of rotatable bonds is 4. The van der Waals surface area contributed by atoms with Crippen LogP contribution < -0.4 is 27.7 Å². The molecule has 13 heterocycles. The number of aryl methyl sites for hydroxylation is 2. The van der Waals surface area contributed by atoms with E-state index in [1.54, 1.807) is 0 Å². The van der Waals surface area contributed by atoms with Crippen LogP contribution in [-0.2, 0) is 31.6 Å². The Labute approximate surface area is 449 Å². The molecule has 0 unspecified atom stereocenters. The molecule has 6 heteroatoms. The third kappa shape index (κ3) is 11.9. The van der Waals surface area contributed by atoms with Gasteiger partial charge in [-0.25, -0.2) is 18.3 Å². The van der Waals surface area contributed by atoms with Crippen LogP contribution in [0.5, 0.6) is 11.5 Å². The van der Waals surface area contributed by atoms with E-state index >= 15 is 0 Å². The molecule has 0 radical (unpaired) electrons. The molecule has 4 aromatic heterocycles. The predicted molar refractivity (Wildman–Crippen MR) is 302 cm³/mol. The molecule has 0 saturated carbocycles. The van der Waals surface area contributed by atoms with E-state index in [2.05, 4.69) is 284 Å². The van der Waals surface area contributed by atoms with E-state index < -0.39 is 0 Å². The largest absolute Gasteiger partial charge is 0.487 e. The Bertz CT molecular complexity index is 3310. The average Bonchev–Trinajstić information content (AvgIpc) is 3.44. The Hall–Kier alpha value is -8.48. The van der Waals surface area contributed by atoms with Gasteiger partial charge in [-0.05, 0) is 92.6 Å². The van der Waals surface area contributed by atoms with Crippen LogP contribution in [0.1, 0.15) is 93.8 Å². The number of ether oxygens (including phenoxy) is 2. The van der Waals surface area contributed by atoms with Crippen LogP contribution in [0.15, 0.2) is 238 Å². The maximum atomic E-state index is 6.62. The van der Waals surface area contributed by atoms with Gasteiger partial charge in [0.15, 0.2) is 75.8 Å². The molecule has 9 aliphatic heterocycles. The average molecular weight is 997 g/mol. The second kappa shape index (κ2) is 22.2. The van der Waals surface area contributed by atoms with Crippen LogP contribution in [0.2, 0.25) is 0 Å². The molecule has 376 valence electrons. The summed E-state index contributed by atoms with van der Waals surface area (Å²) in [6.07, 6.45) is 17.3. The Morgan fingerprint density at radius 3 is 1.08 bits per heavy atom. The smallest absolute Gasteiger partial charge is 0.182 e. The molecule has 19 rings (SSSR count). The zero-order chi connectivity index (χ0) is 52.0. The lowest BCUT2D eigenvalue weighted by molar-refractivity contribution is -0.697. The van der Waals surface area contributed by atoms with Crippen molar-refractivity contribution in [3.8, 4) is 33.8 Å². The maximum absolute atomic E-state index is 6.62. The lowest BCUT2D eigenvalue weighted by Crippen LogP contribution is -2.36. The minimum Gasteiger partial charge on any atom is -0.487 e. The molecule has 6 aromatic carbocycles. The van der Waals surface area contributed by atoms with E-state index in [4.69, 9.17) is 9.47 Å². The van der Waals surface area contributed by atoms with Gasteiger partial charge in [-0.2, -0.15) is 0 Å². The summed E-state index contributed by atoms with van der Waals surface area (Å²) in [7, 11) is 0. The maximum Gasteiger partial charge on any atom is 0.182 e. The molecule has 6 nitrogen and oxygen atoms in total. The van der Waals surface area contributed by atoms with E-state index in [9.17, 15) is 0 Å². The molecule has 14 bridgehead atoms. The first-order chi connectivity index (χ1) is 37.0. The number of hydrogen-bond donors (Lipinski definition) is 0. The van der Waals surface area contributed by atoms with E-state index in [-0.39, 0.29) is 17.3 Å². The number of aromatic nitrogens is 4. The van der Waals surface area contributed by atoms with Gasteiger partial charge in [-0.1, -0.05) is 153 Å². The van der Waals surface area contributed by atoms with Gasteiger partial charge >= 0.3 is 0 Å². The normalized spacial score (nSPS) is 13.3. The third-order valence-corrected chi connectivity index (χ3v) is 15.0. The van der Waals surface area contributed by atoms with Gasteiger partial charge < -0.3 is 9.47 Å². The van der Waals surface area contributed by atoms with E-state index in [0.29, 0.717) is 26.3 Å². The Balaban J connectivity index is 0.886. The highest BCUT2D eigenvalue weighted by Crippen LogP contribution is 2.38. The predicted octanol–water partition coefficient (Wildman–Crippen LogP) is 13.0. The second-order valence-corrected chi connectivity index (χ2v) is 21.6. The number of fused-ring (bicyclic) bond motifs is 2. The van der Waals surface area contributed by atoms with Crippen molar-refractivity contribution in [3.63, 3.8) is 0 Å². The van der Waals surface area contributed by atoms with E-state index in [1.165, 1.54) is 77.9 Å². The fourth-order valence-electron chi connectivity index (χ4n) is 10.5. The first-order valence-corrected chi connectivity index (χ1v) is 26.8. The molecule has 0 N–H and O–H groups in total. The molecule has 0 spiro atoms. The van der Waals surface area contributed by atoms with Crippen LogP contribution in [-0.4, -0.2) is 13.2 Å². The van der Waals surface area contributed by atoms with Crippen molar-refractivity contribution >= 4 is 0 Å². The lowest BCUT2D eigenvalue weighted by atomic mass is 9.81. The molecule has 10 aromatic rings. The van der Waals surface area contributed by atoms with Crippen LogP contribution in [0.4, 0.5) is 0 Å². The van der Waals surface area contributed by atoms with Crippen molar-refractivity contribution in [2.75, 3.05) is 13.2 Å². The first-order valence-electron chi connectivity index (χ1n) is 26.8. The highest BCUT2D eigenvalue weighted by Gasteiger charge is 2.22. The van der Waals surface area contributed by atoms with Gasteiger partial charge in [0.2, 0.25) is 0 Å². The van der Waals surface area contributed by atoms with Crippen LogP contribution in [0.25, 0.3) is 22.3 Å². The number of hydrogen-bond acceptors (Lipinski definition) is 2. The Morgan fingerprint density at radius 1 is 0.382 bits per heavy atom. The second-order valence-electron chi connectivity index (χ2n) is 21.6. The summed E-state index contributed by atoms with van der Waals surface area (Å²) in [4.78, 5) is 0. The van der Waals surface area contributed by atoms with Crippen molar-refractivity contribution in [1.29, 1.82) is 0 Å². The number of benzene rings is 6. The van der Waals surface area contributed by atoms with Gasteiger partial charge in [-0.3, -0.25) is 0 Å². The van der Waals surface area contributed by atoms with E-state index in [1.807, 2.05) is 6.07 Å². The molecular weight excluding hydrogens is 929 g/mol. The highest BCUT2D eigenvalue weighted by atomic mass is 16.5. The molecule has 0 saturated heterocycles. The quantitative estimate of drug-likeness (QED) is 0.130. The summed E-state index contributed by atoms with van der Waals surface area (Å²) in [6, 6.07) is 69.5. The van der Waals surface area contributed by atoms with Crippen molar-refractivity contribution in [1.82, 2.24) is 0 Å². The molecule has 0 atom stereocenters. The van der Waals surface area contributed by atoms with Gasteiger partial charge in [-0.15, -0.1) is 0 Å². The molecule has 76 heavy (non-hydrogen) atoms. The summed E-state index contributed by atoms with van der Waals surface area (Å²) in [5.41, 5.74) is 18.6. The van der Waals surface area contributed by atoms with Gasteiger partial charge in [0, 0.05) is 77.6 Å². The van der Waals surface area contributed by atoms with Crippen molar-refractivity contribution in [2.45, 2.75) is 78.0 Å². The van der Waals surface area contributed by atoms with Gasteiger partial charge in [0.1, 0.15) is 24.7 Å². The van der Waals surface area contributed by atoms with E-state index in [0.717, 1.165) is 30.2 Å². The molecular formula is C70H68N4O2+4. The van der Waals surface area contributed by atoms with Gasteiger partial charge in [0.25, 0.3) is 0 Å². The standard InChI is InChI=1S/C70H68N4O2/c1-51-6-14-59(15-7-51)69(60-16-8-52(2)9-17-60)64-46-66-48-67(47-64)76-45-43-72-36-28-56(29-37-72)58-32-40-74(41-33-58)50-54-12-20-62(21-13-54)68(63-22-24-65(25-23-63)70(3,4)5)61-18-10-53(11-19-61)49-73-38-30-57(31-39-73)55-26-34-71(35-27-55)42-44-75-66/h6-41,46-48,68-69H,42-45,49-50H2,1-5H3/q+4. The minimum atomic E-state index is -0.00465. The molecule has 0 aliphatic carbocycles. The third-order valence-electron chi connectivity index (χ3n) is 15.0. The summed E-state index contributed by atoms with van der Waals surface area (Å²) in [5.74, 6) is 1.68.